The molecule has 29 heavy (non-hydrogen) atoms. The molecule has 0 saturated heterocycles. The number of pyridine rings is 1. The number of para-hydroxylation sites is 1. The molecule has 0 bridgehead atoms. The van der Waals surface area contributed by atoms with Crippen LogP contribution in [0.1, 0.15) is 37.4 Å². The molecule has 1 heterocycles. The Hall–Kier alpha value is -3.67. The van der Waals surface area contributed by atoms with Crippen molar-refractivity contribution < 1.29 is 14.3 Å². The van der Waals surface area contributed by atoms with Gasteiger partial charge in [0.2, 0.25) is 0 Å². The molecule has 1 aromatic heterocycles. The minimum Gasteiger partial charge on any atom is -0.496 e. The minimum absolute atomic E-state index is 0.307. The van der Waals surface area contributed by atoms with Crippen molar-refractivity contribution in [2.24, 2.45) is 0 Å². The Kier molecular flexibility index (Phi) is 6.24. The van der Waals surface area contributed by atoms with Gasteiger partial charge in [0.05, 0.1) is 18.2 Å². The van der Waals surface area contributed by atoms with E-state index in [2.05, 4.69) is 15.6 Å². The molecule has 0 atom stereocenters. The molecular weight excluding hydrogens is 366 g/mol. The zero-order chi connectivity index (χ0) is 20.8. The monoisotopic (exact) mass is 389 g/mol. The number of hydrogen-bond acceptors (Lipinski definition) is 4. The van der Waals surface area contributed by atoms with Crippen molar-refractivity contribution in [3.63, 3.8) is 0 Å². The molecule has 0 radical (unpaired) electrons. The van der Waals surface area contributed by atoms with Gasteiger partial charge in [-0.1, -0.05) is 30.3 Å². The predicted molar refractivity (Wildman–Crippen MR) is 112 cm³/mol. The summed E-state index contributed by atoms with van der Waals surface area (Å²) in [6.07, 6.45) is 2.88. The van der Waals surface area contributed by atoms with Crippen molar-refractivity contribution >= 4 is 17.5 Å². The Labute approximate surface area is 169 Å². The maximum Gasteiger partial charge on any atom is 0.257 e. The van der Waals surface area contributed by atoms with Crippen LogP contribution in [0.3, 0.4) is 0 Å². The molecule has 0 aliphatic heterocycles. The van der Waals surface area contributed by atoms with E-state index in [1.165, 1.54) is 18.5 Å². The maximum atomic E-state index is 12.6. The van der Waals surface area contributed by atoms with Gasteiger partial charge in [0, 0.05) is 30.2 Å². The van der Waals surface area contributed by atoms with Gasteiger partial charge in [-0.15, -0.1) is 0 Å². The standard InChI is InChI=1S/C23H23N3O3/c1-15-7-6-9-20(16(15)2)26-23(28)19-11-18(12-24-13-19)22(27)25-14-17-8-4-5-10-21(17)29-3/h4-13H,14H2,1-3H3,(H,25,27)(H,26,28). The Morgan fingerprint density at radius 2 is 1.69 bits per heavy atom. The average Bonchev–Trinajstić information content (AvgIpc) is 2.75. The van der Waals surface area contributed by atoms with Crippen molar-refractivity contribution in [2.75, 3.05) is 12.4 Å². The Morgan fingerprint density at radius 3 is 2.45 bits per heavy atom. The fourth-order valence-corrected chi connectivity index (χ4v) is 2.90. The number of carbonyl (C=O) groups is 2. The van der Waals surface area contributed by atoms with Crippen molar-refractivity contribution in [3.05, 3.63) is 88.7 Å². The van der Waals surface area contributed by atoms with Crippen LogP contribution in [0.2, 0.25) is 0 Å². The summed E-state index contributed by atoms with van der Waals surface area (Å²) < 4.78 is 5.29. The molecular formula is C23H23N3O3. The Bertz CT molecular complexity index is 1050. The zero-order valence-electron chi connectivity index (χ0n) is 16.7. The van der Waals surface area contributed by atoms with E-state index in [0.717, 1.165) is 22.4 Å². The lowest BCUT2D eigenvalue weighted by molar-refractivity contribution is 0.0950. The minimum atomic E-state index is -0.315. The number of anilines is 1. The summed E-state index contributed by atoms with van der Waals surface area (Å²) in [5.74, 6) is 0.0722. The lowest BCUT2D eigenvalue weighted by atomic mass is 10.1. The summed E-state index contributed by atoms with van der Waals surface area (Å²) in [6, 6.07) is 14.7. The highest BCUT2D eigenvalue weighted by Gasteiger charge is 2.13. The fraction of sp³-hybridized carbons (Fsp3) is 0.174. The molecule has 2 aromatic carbocycles. The summed E-state index contributed by atoms with van der Waals surface area (Å²) in [5, 5.41) is 5.71. The van der Waals surface area contributed by atoms with Gasteiger partial charge in [-0.05, 0) is 43.2 Å². The van der Waals surface area contributed by atoms with Crippen LogP contribution in [-0.2, 0) is 6.54 Å². The first-order valence-corrected chi connectivity index (χ1v) is 9.22. The number of nitrogens with one attached hydrogen (secondary N) is 2. The van der Waals surface area contributed by atoms with Gasteiger partial charge in [0.1, 0.15) is 5.75 Å². The van der Waals surface area contributed by atoms with E-state index in [9.17, 15) is 9.59 Å². The quantitative estimate of drug-likeness (QED) is 0.670. The van der Waals surface area contributed by atoms with Crippen LogP contribution in [-0.4, -0.2) is 23.9 Å². The molecule has 0 fully saturated rings. The van der Waals surface area contributed by atoms with E-state index in [-0.39, 0.29) is 11.8 Å². The summed E-state index contributed by atoms with van der Waals surface area (Å²) >= 11 is 0. The average molecular weight is 389 g/mol. The first kappa shape index (κ1) is 20.1. The molecule has 6 nitrogen and oxygen atoms in total. The second kappa shape index (κ2) is 9.01. The van der Waals surface area contributed by atoms with Crippen molar-refractivity contribution in [1.82, 2.24) is 10.3 Å². The van der Waals surface area contributed by atoms with Crippen LogP contribution in [0.15, 0.2) is 60.9 Å². The first-order valence-electron chi connectivity index (χ1n) is 9.22. The molecule has 2 N–H and O–H groups in total. The molecule has 0 aliphatic carbocycles. The molecule has 2 amide bonds. The number of aromatic nitrogens is 1. The highest BCUT2D eigenvalue weighted by Crippen LogP contribution is 2.19. The smallest absolute Gasteiger partial charge is 0.257 e. The molecule has 3 aromatic rings. The van der Waals surface area contributed by atoms with Gasteiger partial charge in [-0.2, -0.15) is 0 Å². The highest BCUT2D eigenvalue weighted by atomic mass is 16.5. The van der Waals surface area contributed by atoms with Crippen LogP contribution >= 0.6 is 0 Å². The van der Waals surface area contributed by atoms with Gasteiger partial charge in [0.25, 0.3) is 11.8 Å². The third kappa shape index (κ3) is 4.79. The number of carbonyl (C=O) groups excluding carboxylic acids is 2. The van der Waals surface area contributed by atoms with E-state index >= 15 is 0 Å². The van der Waals surface area contributed by atoms with Gasteiger partial charge < -0.3 is 15.4 Å². The Morgan fingerprint density at radius 1 is 0.966 bits per heavy atom. The summed E-state index contributed by atoms with van der Waals surface area (Å²) in [4.78, 5) is 29.2. The maximum absolute atomic E-state index is 12.6. The largest absolute Gasteiger partial charge is 0.496 e. The lowest BCUT2D eigenvalue weighted by Gasteiger charge is -2.11. The van der Waals surface area contributed by atoms with E-state index in [1.54, 1.807) is 7.11 Å². The molecule has 0 aliphatic rings. The number of nitrogens with zero attached hydrogens (tertiary/aromatic N) is 1. The second-order valence-corrected chi connectivity index (χ2v) is 6.66. The van der Waals surface area contributed by atoms with Gasteiger partial charge in [-0.25, -0.2) is 0 Å². The van der Waals surface area contributed by atoms with Crippen LogP contribution in [0.5, 0.6) is 5.75 Å². The van der Waals surface area contributed by atoms with Gasteiger partial charge in [0.15, 0.2) is 0 Å². The molecule has 6 heteroatoms. The number of amides is 2. The van der Waals surface area contributed by atoms with Crippen LogP contribution < -0.4 is 15.4 Å². The summed E-state index contributed by atoms with van der Waals surface area (Å²) in [5.41, 5.74) is 4.32. The molecule has 0 saturated carbocycles. The van der Waals surface area contributed by atoms with Crippen molar-refractivity contribution in [1.29, 1.82) is 0 Å². The lowest BCUT2D eigenvalue weighted by Crippen LogP contribution is -2.24. The SMILES string of the molecule is COc1ccccc1CNC(=O)c1cncc(C(=O)Nc2cccc(C)c2C)c1. The van der Waals surface area contributed by atoms with Gasteiger partial charge >= 0.3 is 0 Å². The van der Waals surface area contributed by atoms with Crippen molar-refractivity contribution in [2.45, 2.75) is 20.4 Å². The molecule has 0 spiro atoms. The summed E-state index contributed by atoms with van der Waals surface area (Å²) in [6.45, 7) is 4.24. The molecule has 148 valence electrons. The van der Waals surface area contributed by atoms with Crippen LogP contribution in [0.25, 0.3) is 0 Å². The zero-order valence-corrected chi connectivity index (χ0v) is 16.7. The highest BCUT2D eigenvalue weighted by molar-refractivity contribution is 6.06. The molecule has 0 unspecified atom stereocenters. The topological polar surface area (TPSA) is 80.3 Å². The number of rotatable bonds is 6. The number of hydrogen-bond donors (Lipinski definition) is 2. The van der Waals surface area contributed by atoms with E-state index < -0.39 is 0 Å². The van der Waals surface area contributed by atoms with Crippen molar-refractivity contribution in [3.8, 4) is 5.75 Å². The number of benzene rings is 2. The number of methoxy groups -OCH3 is 1. The third-order valence-corrected chi connectivity index (χ3v) is 4.75. The van der Waals surface area contributed by atoms with E-state index in [1.807, 2.05) is 56.3 Å². The van der Waals surface area contributed by atoms with Crippen LogP contribution in [0, 0.1) is 13.8 Å². The predicted octanol–water partition coefficient (Wildman–Crippen LogP) is 3.89. The van der Waals surface area contributed by atoms with E-state index in [0.29, 0.717) is 23.4 Å². The number of ether oxygens (including phenoxy) is 1. The number of aryl methyl sites for hydroxylation is 1. The summed E-state index contributed by atoms with van der Waals surface area (Å²) in [7, 11) is 1.59. The van der Waals surface area contributed by atoms with Gasteiger partial charge in [-0.3, -0.25) is 14.6 Å². The third-order valence-electron chi connectivity index (χ3n) is 4.75. The van der Waals surface area contributed by atoms with Crippen LogP contribution in [0.4, 0.5) is 5.69 Å². The molecule has 3 rings (SSSR count). The first-order chi connectivity index (χ1) is 14.0. The Balaban J connectivity index is 1.70. The fourth-order valence-electron chi connectivity index (χ4n) is 2.90. The second-order valence-electron chi connectivity index (χ2n) is 6.66. The van der Waals surface area contributed by atoms with E-state index in [4.69, 9.17) is 4.74 Å². The normalized spacial score (nSPS) is 10.3.